The second-order valence-corrected chi connectivity index (χ2v) is 6.86. The van der Waals surface area contributed by atoms with Gasteiger partial charge in [-0.1, -0.05) is 46.3 Å². The number of halogens is 3. The molecule has 2 atom stereocenters. The molecule has 0 saturated heterocycles. The van der Waals surface area contributed by atoms with Crippen molar-refractivity contribution >= 4 is 27.9 Å². The Bertz CT molecular complexity index is 841. The summed E-state index contributed by atoms with van der Waals surface area (Å²) < 4.78 is 34.2. The van der Waals surface area contributed by atoms with Crippen LogP contribution in [-0.2, 0) is 11.3 Å². The lowest BCUT2D eigenvalue weighted by molar-refractivity contribution is 0.137. The van der Waals surface area contributed by atoms with E-state index in [1.165, 1.54) is 0 Å². The Labute approximate surface area is 162 Å². The molecular formula is C18H17BrF2N4O2. The van der Waals surface area contributed by atoms with Crippen LogP contribution < -0.4 is 16.6 Å². The summed E-state index contributed by atoms with van der Waals surface area (Å²) in [5.41, 5.74) is 3.01. The third-order valence-corrected chi connectivity index (χ3v) is 4.66. The highest BCUT2D eigenvalue weighted by molar-refractivity contribution is 9.10. The number of carbonyl (C=O) groups excluding carboxylic acids is 1. The molecule has 1 amide bonds. The van der Waals surface area contributed by atoms with Gasteiger partial charge in [0, 0.05) is 16.0 Å². The smallest absolute Gasteiger partial charge is 0.408 e. The molecule has 1 aliphatic heterocycles. The molecule has 9 heteroatoms. The number of carbonyl (C=O) groups is 1. The van der Waals surface area contributed by atoms with Gasteiger partial charge < -0.3 is 15.5 Å². The average Bonchev–Trinajstić information content (AvgIpc) is 3.02. The number of rotatable bonds is 4. The second-order valence-electron chi connectivity index (χ2n) is 5.94. The quantitative estimate of drug-likeness (QED) is 0.505. The van der Waals surface area contributed by atoms with Crippen molar-refractivity contribution in [1.82, 2.24) is 10.7 Å². The fourth-order valence-corrected chi connectivity index (χ4v) is 3.35. The van der Waals surface area contributed by atoms with Gasteiger partial charge in [-0.05, 0) is 17.7 Å². The number of hydrogen-bond acceptors (Lipinski definition) is 5. The van der Waals surface area contributed by atoms with E-state index in [9.17, 15) is 13.6 Å². The maximum absolute atomic E-state index is 14.4. The summed E-state index contributed by atoms with van der Waals surface area (Å²) in [4.78, 5) is 16.3. The minimum Gasteiger partial charge on any atom is -0.445 e. The number of amidine groups is 1. The molecule has 0 aliphatic carbocycles. The molecule has 0 radical (unpaired) electrons. The van der Waals surface area contributed by atoms with Gasteiger partial charge in [0.2, 0.25) is 0 Å². The van der Waals surface area contributed by atoms with Crippen molar-refractivity contribution in [3.8, 4) is 0 Å². The van der Waals surface area contributed by atoms with Crippen LogP contribution in [0.1, 0.15) is 17.0 Å². The van der Waals surface area contributed by atoms with Crippen LogP contribution in [0.25, 0.3) is 0 Å². The van der Waals surface area contributed by atoms with Gasteiger partial charge >= 0.3 is 6.09 Å². The number of nitrogens with two attached hydrogens (primary N) is 1. The zero-order valence-electron chi connectivity index (χ0n) is 14.1. The van der Waals surface area contributed by atoms with Crippen LogP contribution in [-0.4, -0.2) is 24.5 Å². The first-order valence-corrected chi connectivity index (χ1v) is 8.91. The van der Waals surface area contributed by atoms with Crippen LogP contribution >= 0.6 is 15.9 Å². The summed E-state index contributed by atoms with van der Waals surface area (Å²) in [6.45, 7) is 0.131. The minimum absolute atomic E-state index is 0.0631. The largest absolute Gasteiger partial charge is 0.445 e. The number of ether oxygens (including phenoxy) is 1. The molecule has 4 N–H and O–H groups in total. The van der Waals surface area contributed by atoms with Gasteiger partial charge in [-0.15, -0.1) is 0 Å². The van der Waals surface area contributed by atoms with Crippen molar-refractivity contribution in [2.45, 2.75) is 18.6 Å². The lowest BCUT2D eigenvalue weighted by atomic mass is 9.92. The van der Waals surface area contributed by atoms with E-state index in [4.69, 9.17) is 10.6 Å². The molecule has 0 spiro atoms. The van der Waals surface area contributed by atoms with Crippen LogP contribution in [0.3, 0.4) is 0 Å². The van der Waals surface area contributed by atoms with E-state index in [0.717, 1.165) is 17.7 Å². The maximum Gasteiger partial charge on any atom is 0.408 e. The highest BCUT2D eigenvalue weighted by atomic mass is 79.9. The molecular weight excluding hydrogens is 422 g/mol. The highest BCUT2D eigenvalue weighted by Gasteiger charge is 2.37. The van der Waals surface area contributed by atoms with Crippen LogP contribution in [0.4, 0.5) is 13.6 Å². The number of nitrogens with one attached hydrogen (secondary N) is 2. The van der Waals surface area contributed by atoms with Crippen LogP contribution in [0.15, 0.2) is 51.9 Å². The lowest BCUT2D eigenvalue weighted by Crippen LogP contribution is -2.49. The highest BCUT2D eigenvalue weighted by Crippen LogP contribution is 2.32. The Balaban J connectivity index is 1.74. The third-order valence-electron chi connectivity index (χ3n) is 4.20. The van der Waals surface area contributed by atoms with Crippen LogP contribution in [0.5, 0.6) is 0 Å². The summed E-state index contributed by atoms with van der Waals surface area (Å²) in [5, 5.41) is 2.59. The molecule has 6 nitrogen and oxygen atoms in total. The van der Waals surface area contributed by atoms with E-state index in [1.807, 2.05) is 30.3 Å². The predicted octanol–water partition coefficient (Wildman–Crippen LogP) is 2.98. The Hall–Kier alpha value is -2.52. The first-order valence-electron chi connectivity index (χ1n) is 8.12. The molecule has 1 heterocycles. The van der Waals surface area contributed by atoms with Gasteiger partial charge in [-0.3, -0.25) is 4.99 Å². The summed E-state index contributed by atoms with van der Waals surface area (Å²) in [6.07, 6.45) is -0.739. The summed E-state index contributed by atoms with van der Waals surface area (Å²) in [5.74, 6) is 3.44. The van der Waals surface area contributed by atoms with Crippen molar-refractivity contribution < 1.29 is 18.3 Å². The van der Waals surface area contributed by atoms with E-state index in [1.54, 1.807) is 0 Å². The molecule has 0 fully saturated rings. The number of amides is 1. The van der Waals surface area contributed by atoms with Gasteiger partial charge in [0.15, 0.2) is 0 Å². The number of aliphatic imine (C=N–C) groups is 1. The first kappa shape index (κ1) is 19.2. The number of hydrazine groups is 1. The third kappa shape index (κ3) is 4.42. The van der Waals surface area contributed by atoms with Crippen LogP contribution in [0.2, 0.25) is 0 Å². The molecule has 0 saturated carbocycles. The van der Waals surface area contributed by atoms with Gasteiger partial charge in [0.1, 0.15) is 24.1 Å². The van der Waals surface area contributed by atoms with Crippen molar-refractivity contribution in [2.75, 3.05) is 6.54 Å². The van der Waals surface area contributed by atoms with E-state index in [2.05, 4.69) is 31.7 Å². The Morgan fingerprint density at radius 2 is 1.93 bits per heavy atom. The van der Waals surface area contributed by atoms with Crippen molar-refractivity contribution in [1.29, 1.82) is 0 Å². The number of nitrogens with zero attached hydrogens (tertiary/aromatic N) is 1. The Kier molecular flexibility index (Phi) is 6.02. The predicted molar refractivity (Wildman–Crippen MR) is 100.0 cm³/mol. The molecule has 0 bridgehead atoms. The summed E-state index contributed by atoms with van der Waals surface area (Å²) in [6, 6.07) is 10.6. The molecule has 3 rings (SSSR count). The zero-order chi connectivity index (χ0) is 19.4. The second kappa shape index (κ2) is 8.45. The SMILES string of the molecule is NNC1=NC[C@@H](c2c(F)cc(Br)cc2F)[C@@H]1NC(=O)OCc1ccccc1. The van der Waals surface area contributed by atoms with Crippen LogP contribution in [0, 0.1) is 11.6 Å². The van der Waals surface area contributed by atoms with Gasteiger partial charge in [0.25, 0.3) is 0 Å². The molecule has 2 aromatic carbocycles. The van der Waals surface area contributed by atoms with Crippen molar-refractivity contribution in [3.05, 3.63) is 69.7 Å². The molecule has 0 unspecified atom stereocenters. The number of benzene rings is 2. The minimum atomic E-state index is -0.844. The standard InChI is InChI=1S/C18H17BrF2N4O2/c19-11-6-13(20)15(14(21)7-11)12-8-23-17(25-22)16(12)24-18(26)27-9-10-4-2-1-3-5-10/h1-7,12,16H,8-9,22H2,(H,23,25)(H,24,26)/t12-,16-/m0/s1. The van der Waals surface area contributed by atoms with E-state index in [0.29, 0.717) is 0 Å². The number of hydrogen-bond donors (Lipinski definition) is 3. The normalized spacial score (nSPS) is 18.7. The molecule has 0 aromatic heterocycles. The fraction of sp³-hybridized carbons (Fsp3) is 0.222. The van der Waals surface area contributed by atoms with Gasteiger partial charge in [0.05, 0.1) is 12.6 Å². The molecule has 27 heavy (non-hydrogen) atoms. The van der Waals surface area contributed by atoms with Crippen molar-refractivity contribution in [2.24, 2.45) is 10.8 Å². The van der Waals surface area contributed by atoms with E-state index in [-0.39, 0.29) is 29.0 Å². The monoisotopic (exact) mass is 438 g/mol. The van der Waals surface area contributed by atoms with E-state index < -0.39 is 29.7 Å². The number of alkyl carbamates (subject to hydrolysis) is 1. The maximum atomic E-state index is 14.4. The van der Waals surface area contributed by atoms with Crippen molar-refractivity contribution in [3.63, 3.8) is 0 Å². The topological polar surface area (TPSA) is 88.7 Å². The zero-order valence-corrected chi connectivity index (χ0v) is 15.7. The fourth-order valence-electron chi connectivity index (χ4n) is 2.95. The summed E-state index contributed by atoms with van der Waals surface area (Å²) in [7, 11) is 0. The molecule has 142 valence electrons. The first-order chi connectivity index (χ1) is 13.0. The lowest BCUT2D eigenvalue weighted by Gasteiger charge is -2.23. The van der Waals surface area contributed by atoms with Gasteiger partial charge in [-0.25, -0.2) is 19.4 Å². The molecule has 2 aromatic rings. The van der Waals surface area contributed by atoms with Gasteiger partial charge in [-0.2, -0.15) is 0 Å². The van der Waals surface area contributed by atoms with E-state index >= 15 is 0 Å². The molecule has 1 aliphatic rings. The Morgan fingerprint density at radius 1 is 1.26 bits per heavy atom. The summed E-state index contributed by atoms with van der Waals surface area (Å²) >= 11 is 3.05. The Morgan fingerprint density at radius 3 is 2.56 bits per heavy atom. The average molecular weight is 439 g/mol.